The number of alkyl halides is 3. The molecule has 31 heavy (non-hydrogen) atoms. The highest BCUT2D eigenvalue weighted by molar-refractivity contribution is 7.90. The Morgan fingerprint density at radius 1 is 1.29 bits per heavy atom. The van der Waals surface area contributed by atoms with Gasteiger partial charge in [-0.05, 0) is 49.8 Å². The Morgan fingerprint density at radius 2 is 1.94 bits per heavy atom. The monoisotopic (exact) mass is 459 g/mol. The molecular formula is C20H24F3N3O4S. The average Bonchev–Trinajstić information content (AvgIpc) is 3.20. The van der Waals surface area contributed by atoms with Crippen LogP contribution in [0.25, 0.3) is 0 Å². The molecule has 0 saturated heterocycles. The molecule has 170 valence electrons. The average molecular weight is 459 g/mol. The first-order chi connectivity index (χ1) is 14.3. The zero-order valence-electron chi connectivity index (χ0n) is 17.3. The summed E-state index contributed by atoms with van der Waals surface area (Å²) in [6.45, 7) is 4.47. The van der Waals surface area contributed by atoms with Gasteiger partial charge in [0.25, 0.3) is 0 Å². The lowest BCUT2D eigenvalue weighted by Crippen LogP contribution is -2.39. The Hall–Kier alpha value is -2.40. The number of aromatic carboxylic acids is 1. The number of aromatic nitrogens is 2. The number of nitrogens with one attached hydrogen (secondary N) is 1. The minimum absolute atomic E-state index is 0.0551. The maximum Gasteiger partial charge on any atom is 0.433 e. The second kappa shape index (κ2) is 8.27. The van der Waals surface area contributed by atoms with Gasteiger partial charge in [-0.25, -0.2) is 17.9 Å². The molecule has 1 aliphatic carbocycles. The Morgan fingerprint density at radius 3 is 2.48 bits per heavy atom. The second-order valence-electron chi connectivity index (χ2n) is 7.90. The second-order valence-corrected chi connectivity index (χ2v) is 10.2. The molecular weight excluding hydrogens is 435 g/mol. The molecule has 0 bridgehead atoms. The lowest BCUT2D eigenvalue weighted by Gasteiger charge is -2.14. The molecule has 1 heterocycles. The van der Waals surface area contributed by atoms with Crippen molar-refractivity contribution >= 4 is 16.0 Å². The SMILES string of the molecule is CCc1nn(Cc2ccc3c(c2)CC(NS(=O)(=O)C(C)C)C3)c(C(F)(F)F)c1C(=O)O. The molecule has 0 aliphatic heterocycles. The van der Waals surface area contributed by atoms with Gasteiger partial charge >= 0.3 is 12.1 Å². The van der Waals surface area contributed by atoms with Crippen LogP contribution in [0.2, 0.25) is 0 Å². The molecule has 1 aliphatic rings. The van der Waals surface area contributed by atoms with Crippen molar-refractivity contribution in [1.82, 2.24) is 14.5 Å². The number of hydrogen-bond donors (Lipinski definition) is 2. The number of benzene rings is 1. The number of carbonyl (C=O) groups is 1. The van der Waals surface area contributed by atoms with Crippen molar-refractivity contribution in [2.24, 2.45) is 0 Å². The van der Waals surface area contributed by atoms with Crippen LogP contribution >= 0.6 is 0 Å². The van der Waals surface area contributed by atoms with Gasteiger partial charge in [0.15, 0.2) is 5.69 Å². The topological polar surface area (TPSA) is 101 Å². The quantitative estimate of drug-likeness (QED) is 0.663. The smallest absolute Gasteiger partial charge is 0.433 e. The predicted octanol–water partition coefficient (Wildman–Crippen LogP) is 3.01. The summed E-state index contributed by atoms with van der Waals surface area (Å²) < 4.78 is 68.5. The Kier molecular flexibility index (Phi) is 6.21. The van der Waals surface area contributed by atoms with E-state index in [-0.39, 0.29) is 24.7 Å². The van der Waals surface area contributed by atoms with Crippen molar-refractivity contribution < 1.29 is 31.5 Å². The van der Waals surface area contributed by atoms with Gasteiger partial charge in [-0.3, -0.25) is 4.68 Å². The molecule has 0 radical (unpaired) electrons. The van der Waals surface area contributed by atoms with E-state index in [1.54, 1.807) is 39.0 Å². The molecule has 2 N–H and O–H groups in total. The predicted molar refractivity (Wildman–Crippen MR) is 107 cm³/mol. The highest BCUT2D eigenvalue weighted by Gasteiger charge is 2.42. The summed E-state index contributed by atoms with van der Waals surface area (Å²) >= 11 is 0. The van der Waals surface area contributed by atoms with Crippen molar-refractivity contribution in [2.75, 3.05) is 0 Å². The maximum absolute atomic E-state index is 13.6. The van der Waals surface area contributed by atoms with E-state index in [1.165, 1.54) is 0 Å². The fraction of sp³-hybridized carbons (Fsp3) is 0.500. The van der Waals surface area contributed by atoms with Gasteiger partial charge in [-0.15, -0.1) is 0 Å². The molecule has 2 aromatic rings. The van der Waals surface area contributed by atoms with E-state index in [0.29, 0.717) is 23.1 Å². The van der Waals surface area contributed by atoms with Crippen LogP contribution in [0.5, 0.6) is 0 Å². The third-order valence-electron chi connectivity index (χ3n) is 5.33. The largest absolute Gasteiger partial charge is 0.478 e. The number of nitrogens with zero attached hydrogens (tertiary/aromatic N) is 2. The van der Waals surface area contributed by atoms with Crippen LogP contribution in [-0.2, 0) is 42.0 Å². The number of sulfonamides is 1. The van der Waals surface area contributed by atoms with Gasteiger partial charge in [0.2, 0.25) is 10.0 Å². The van der Waals surface area contributed by atoms with Crippen LogP contribution in [0.3, 0.4) is 0 Å². The van der Waals surface area contributed by atoms with Gasteiger partial charge < -0.3 is 5.11 Å². The van der Waals surface area contributed by atoms with Crippen molar-refractivity contribution in [1.29, 1.82) is 0 Å². The van der Waals surface area contributed by atoms with Gasteiger partial charge in [0, 0.05) is 6.04 Å². The van der Waals surface area contributed by atoms with E-state index < -0.39 is 38.7 Å². The zero-order chi connectivity index (χ0) is 23.1. The number of rotatable bonds is 7. The molecule has 11 heteroatoms. The van der Waals surface area contributed by atoms with Crippen molar-refractivity contribution in [3.05, 3.63) is 51.8 Å². The van der Waals surface area contributed by atoms with E-state index >= 15 is 0 Å². The van der Waals surface area contributed by atoms with Crippen LogP contribution in [-0.4, -0.2) is 40.6 Å². The van der Waals surface area contributed by atoms with E-state index in [2.05, 4.69) is 9.82 Å². The van der Waals surface area contributed by atoms with Crippen LogP contribution in [0, 0.1) is 0 Å². The minimum atomic E-state index is -4.87. The zero-order valence-corrected chi connectivity index (χ0v) is 18.1. The minimum Gasteiger partial charge on any atom is -0.478 e. The molecule has 1 unspecified atom stereocenters. The van der Waals surface area contributed by atoms with Crippen molar-refractivity contribution in [3.8, 4) is 0 Å². The fourth-order valence-electron chi connectivity index (χ4n) is 3.78. The highest BCUT2D eigenvalue weighted by atomic mass is 32.2. The molecule has 0 saturated carbocycles. The molecule has 1 atom stereocenters. The molecule has 7 nitrogen and oxygen atoms in total. The summed E-state index contributed by atoms with van der Waals surface area (Å²) in [6, 6.07) is 4.85. The molecule has 0 fully saturated rings. The molecule has 0 amide bonds. The summed E-state index contributed by atoms with van der Waals surface area (Å²) in [6.07, 6.45) is -3.88. The summed E-state index contributed by atoms with van der Waals surface area (Å²) in [5.74, 6) is -1.66. The van der Waals surface area contributed by atoms with E-state index in [0.717, 1.165) is 11.1 Å². The molecule has 1 aromatic heterocycles. The molecule has 3 rings (SSSR count). The van der Waals surface area contributed by atoms with Crippen molar-refractivity contribution in [3.63, 3.8) is 0 Å². The number of halogens is 3. The van der Waals surface area contributed by atoms with Crippen molar-refractivity contribution in [2.45, 2.75) is 64.0 Å². The number of carboxylic acids is 1. The first-order valence-corrected chi connectivity index (χ1v) is 11.4. The number of fused-ring (bicyclic) bond motifs is 1. The molecule has 1 aromatic carbocycles. The van der Waals surface area contributed by atoms with E-state index in [4.69, 9.17) is 0 Å². The summed E-state index contributed by atoms with van der Waals surface area (Å²) in [5, 5.41) is 12.6. The standard InChI is InChI=1S/C20H24F3N3O4S/c1-4-16-17(19(27)28)18(20(21,22)23)26(24-16)10-12-5-6-13-8-15(9-14(13)7-12)25-31(29,30)11(2)3/h5-7,11,15,25H,4,8-10H2,1-3H3,(H,27,28). The number of hydrogen-bond acceptors (Lipinski definition) is 4. The third kappa shape index (κ3) is 4.77. The number of carboxylic acid groups (broad SMARTS) is 1. The summed E-state index contributed by atoms with van der Waals surface area (Å²) in [7, 11) is -3.44. The lowest BCUT2D eigenvalue weighted by molar-refractivity contribution is -0.144. The summed E-state index contributed by atoms with van der Waals surface area (Å²) in [5.41, 5.74) is 0.0862. The Labute approximate surface area is 178 Å². The van der Waals surface area contributed by atoms with Gasteiger partial charge in [-0.2, -0.15) is 18.3 Å². The van der Waals surface area contributed by atoms with Gasteiger partial charge in [0.1, 0.15) is 5.56 Å². The van der Waals surface area contributed by atoms with Crippen LogP contribution in [0.1, 0.15) is 59.2 Å². The van der Waals surface area contributed by atoms with Crippen LogP contribution < -0.4 is 4.72 Å². The molecule has 0 spiro atoms. The number of aryl methyl sites for hydroxylation is 1. The third-order valence-corrected chi connectivity index (χ3v) is 7.23. The lowest BCUT2D eigenvalue weighted by atomic mass is 10.1. The first-order valence-electron chi connectivity index (χ1n) is 9.85. The first kappa shape index (κ1) is 23.3. The van der Waals surface area contributed by atoms with E-state index in [9.17, 15) is 31.5 Å². The highest BCUT2D eigenvalue weighted by Crippen LogP contribution is 2.34. The van der Waals surface area contributed by atoms with Gasteiger partial charge in [-0.1, -0.05) is 25.1 Å². The van der Waals surface area contributed by atoms with E-state index in [1.807, 2.05) is 0 Å². The van der Waals surface area contributed by atoms with Crippen LogP contribution in [0.15, 0.2) is 18.2 Å². The normalized spacial score (nSPS) is 16.7. The Balaban J connectivity index is 1.89. The van der Waals surface area contributed by atoms with Gasteiger partial charge in [0.05, 0.1) is 17.5 Å². The maximum atomic E-state index is 13.6. The summed E-state index contributed by atoms with van der Waals surface area (Å²) in [4.78, 5) is 11.5. The fourth-order valence-corrected chi connectivity index (χ4v) is 4.68. The van der Waals surface area contributed by atoms with Crippen LogP contribution in [0.4, 0.5) is 13.2 Å². The Bertz CT molecular complexity index is 1110.